The summed E-state index contributed by atoms with van der Waals surface area (Å²) in [5, 5.41) is 5.20. The first kappa shape index (κ1) is 27.5. The Morgan fingerprint density at radius 1 is 0.458 bits per heavy atom. The first-order valence-corrected chi connectivity index (χ1v) is 17.4. The lowest BCUT2D eigenvalue weighted by atomic mass is 9.82. The Balaban J connectivity index is 1.12. The van der Waals surface area contributed by atoms with E-state index in [0.29, 0.717) is 0 Å². The van der Waals surface area contributed by atoms with Crippen molar-refractivity contribution in [3.63, 3.8) is 0 Å². The van der Waals surface area contributed by atoms with Gasteiger partial charge in [0.1, 0.15) is 0 Å². The molecule has 1 aliphatic carbocycles. The van der Waals surface area contributed by atoms with Crippen LogP contribution in [0.1, 0.15) is 25.0 Å². The van der Waals surface area contributed by atoms with Crippen LogP contribution in [0.15, 0.2) is 158 Å². The molecule has 2 heterocycles. The first-order valence-electron chi connectivity index (χ1n) is 16.6. The van der Waals surface area contributed by atoms with Crippen LogP contribution in [0.4, 0.5) is 17.1 Å². The first-order chi connectivity index (χ1) is 23.6. The van der Waals surface area contributed by atoms with E-state index in [-0.39, 0.29) is 5.41 Å². The van der Waals surface area contributed by atoms with Gasteiger partial charge in [-0.1, -0.05) is 98.8 Å². The van der Waals surface area contributed by atoms with Gasteiger partial charge < -0.3 is 9.47 Å². The monoisotopic (exact) mass is 632 g/mol. The highest BCUT2D eigenvalue weighted by Crippen LogP contribution is 2.52. The highest BCUT2D eigenvalue weighted by molar-refractivity contribution is 7.25. The van der Waals surface area contributed by atoms with E-state index in [1.807, 2.05) is 11.3 Å². The van der Waals surface area contributed by atoms with Crippen molar-refractivity contribution < 1.29 is 0 Å². The molecule has 2 nitrogen and oxygen atoms in total. The largest absolute Gasteiger partial charge is 0.310 e. The summed E-state index contributed by atoms with van der Waals surface area (Å²) in [6.45, 7) is 4.76. The van der Waals surface area contributed by atoms with E-state index in [9.17, 15) is 0 Å². The van der Waals surface area contributed by atoms with E-state index >= 15 is 0 Å². The molecule has 2 aromatic heterocycles. The van der Waals surface area contributed by atoms with Gasteiger partial charge in [0.2, 0.25) is 0 Å². The van der Waals surface area contributed by atoms with Crippen molar-refractivity contribution >= 4 is 70.4 Å². The summed E-state index contributed by atoms with van der Waals surface area (Å²) in [5.41, 5.74) is 12.4. The lowest BCUT2D eigenvalue weighted by Gasteiger charge is -2.28. The van der Waals surface area contributed by atoms with Crippen molar-refractivity contribution in [3.05, 3.63) is 169 Å². The van der Waals surface area contributed by atoms with Crippen LogP contribution in [0.3, 0.4) is 0 Å². The Labute approximate surface area is 283 Å². The Bertz CT molecular complexity index is 2660. The van der Waals surface area contributed by atoms with Crippen LogP contribution in [0.2, 0.25) is 0 Å². The molecule has 0 unspecified atom stereocenters. The van der Waals surface area contributed by atoms with Gasteiger partial charge >= 0.3 is 0 Å². The molecule has 0 fully saturated rings. The fraction of sp³-hybridized carbons (Fsp3) is 0.0667. The number of anilines is 3. The maximum Gasteiger partial charge on any atom is 0.0541 e. The molecule has 0 aliphatic heterocycles. The fourth-order valence-electron chi connectivity index (χ4n) is 8.07. The van der Waals surface area contributed by atoms with Gasteiger partial charge in [-0.2, -0.15) is 0 Å². The zero-order valence-corrected chi connectivity index (χ0v) is 27.6. The number of rotatable bonds is 4. The number of para-hydroxylation sites is 3. The topological polar surface area (TPSA) is 8.17 Å². The maximum atomic E-state index is 2.43. The van der Waals surface area contributed by atoms with Crippen molar-refractivity contribution in [2.24, 2.45) is 0 Å². The van der Waals surface area contributed by atoms with E-state index in [2.05, 4.69) is 181 Å². The van der Waals surface area contributed by atoms with Crippen LogP contribution in [0, 0.1) is 0 Å². The second kappa shape index (κ2) is 10.2. The minimum Gasteiger partial charge on any atom is -0.310 e. The predicted molar refractivity (Wildman–Crippen MR) is 206 cm³/mol. The summed E-state index contributed by atoms with van der Waals surface area (Å²) < 4.78 is 5.07. The zero-order valence-electron chi connectivity index (χ0n) is 26.8. The van der Waals surface area contributed by atoms with E-state index in [4.69, 9.17) is 0 Å². The van der Waals surface area contributed by atoms with Gasteiger partial charge in [0.05, 0.1) is 11.0 Å². The highest BCUT2D eigenvalue weighted by Gasteiger charge is 2.36. The molecule has 1 aliphatic rings. The van der Waals surface area contributed by atoms with E-state index in [1.165, 1.54) is 81.3 Å². The van der Waals surface area contributed by atoms with Crippen molar-refractivity contribution in [2.45, 2.75) is 19.3 Å². The number of hydrogen-bond donors (Lipinski definition) is 0. The lowest BCUT2D eigenvalue weighted by Crippen LogP contribution is -2.17. The van der Waals surface area contributed by atoms with Gasteiger partial charge in [0, 0.05) is 59.1 Å². The van der Waals surface area contributed by atoms with E-state index in [0.717, 1.165) is 5.69 Å². The van der Waals surface area contributed by atoms with Crippen LogP contribution in [-0.2, 0) is 5.41 Å². The highest BCUT2D eigenvalue weighted by atomic mass is 32.1. The third kappa shape index (κ3) is 3.92. The Kier molecular flexibility index (Phi) is 5.82. The molecule has 0 bridgehead atoms. The summed E-state index contributed by atoms with van der Waals surface area (Å²) in [4.78, 5) is 2.41. The zero-order chi connectivity index (χ0) is 32.0. The summed E-state index contributed by atoms with van der Waals surface area (Å²) in [7, 11) is 0. The quantitative estimate of drug-likeness (QED) is 0.187. The molecule has 7 aromatic carbocycles. The molecule has 9 aromatic rings. The molecular formula is C45H32N2S. The Morgan fingerprint density at radius 3 is 1.77 bits per heavy atom. The Hall–Kier alpha value is -5.64. The molecule has 3 heteroatoms. The van der Waals surface area contributed by atoms with Gasteiger partial charge in [-0.05, 0) is 95.1 Å². The van der Waals surface area contributed by atoms with Crippen LogP contribution >= 0.6 is 11.3 Å². The number of fused-ring (bicyclic) bond motifs is 9. The molecule has 0 amide bonds. The van der Waals surface area contributed by atoms with E-state index in [1.54, 1.807) is 0 Å². The van der Waals surface area contributed by atoms with Gasteiger partial charge in [-0.3, -0.25) is 0 Å². The van der Waals surface area contributed by atoms with Gasteiger partial charge in [-0.15, -0.1) is 11.3 Å². The molecule has 10 rings (SSSR count). The average molecular weight is 633 g/mol. The predicted octanol–water partition coefficient (Wildman–Crippen LogP) is 12.9. The summed E-state index contributed by atoms with van der Waals surface area (Å²) >= 11 is 1.86. The summed E-state index contributed by atoms with van der Waals surface area (Å²) in [6.07, 6.45) is 0. The normalized spacial score (nSPS) is 13.4. The minimum atomic E-state index is -0.175. The smallest absolute Gasteiger partial charge is 0.0541 e. The van der Waals surface area contributed by atoms with Crippen molar-refractivity contribution in [3.8, 4) is 16.8 Å². The van der Waals surface area contributed by atoms with Gasteiger partial charge in [0.25, 0.3) is 0 Å². The second-order valence-electron chi connectivity index (χ2n) is 13.4. The molecule has 0 spiro atoms. The maximum absolute atomic E-state index is 2.43. The van der Waals surface area contributed by atoms with Crippen molar-refractivity contribution in [2.75, 3.05) is 4.90 Å². The third-order valence-electron chi connectivity index (χ3n) is 10.4. The molecule has 0 radical (unpaired) electrons. The number of benzene rings is 7. The summed E-state index contributed by atoms with van der Waals surface area (Å²) in [6, 6.07) is 58.1. The van der Waals surface area contributed by atoms with Crippen molar-refractivity contribution in [1.82, 2.24) is 4.57 Å². The van der Waals surface area contributed by atoms with Crippen molar-refractivity contribution in [1.29, 1.82) is 0 Å². The number of hydrogen-bond acceptors (Lipinski definition) is 2. The molecule has 0 saturated heterocycles. The lowest BCUT2D eigenvalue weighted by molar-refractivity contribution is 0.660. The molecule has 228 valence electrons. The van der Waals surface area contributed by atoms with Crippen LogP contribution in [0.5, 0.6) is 0 Å². The Morgan fingerprint density at radius 2 is 1.02 bits per heavy atom. The van der Waals surface area contributed by atoms with Gasteiger partial charge in [0.15, 0.2) is 0 Å². The van der Waals surface area contributed by atoms with Crippen LogP contribution in [0.25, 0.3) is 58.8 Å². The number of aromatic nitrogens is 1. The van der Waals surface area contributed by atoms with E-state index < -0.39 is 0 Å². The molecule has 0 atom stereocenters. The molecule has 0 saturated carbocycles. The number of nitrogens with zero attached hydrogens (tertiary/aromatic N) is 2. The fourth-order valence-corrected chi connectivity index (χ4v) is 9.16. The minimum absolute atomic E-state index is 0.175. The second-order valence-corrected chi connectivity index (χ2v) is 14.5. The summed E-state index contributed by atoms with van der Waals surface area (Å²) in [5.74, 6) is 0. The standard InChI is InChI=1S/C45H32N2S/c1-45(2)39-27-31(46(29-12-4-3-5-13-29)30-22-25-44-38(26-30)37-16-8-11-19-43(37)48-44)20-23-33(39)34-24-21-32(28-40(34)45)47-41-17-9-6-14-35(41)36-15-7-10-18-42(36)47/h3-28H,1-2H3. The average Bonchev–Trinajstić information content (AvgIpc) is 3.74. The molecule has 48 heavy (non-hydrogen) atoms. The van der Waals surface area contributed by atoms with Crippen LogP contribution < -0.4 is 4.90 Å². The molecule has 0 N–H and O–H groups in total. The van der Waals surface area contributed by atoms with Gasteiger partial charge in [-0.25, -0.2) is 0 Å². The van der Waals surface area contributed by atoms with Crippen LogP contribution in [-0.4, -0.2) is 4.57 Å². The third-order valence-corrected chi connectivity index (χ3v) is 11.5. The number of thiophene rings is 1. The SMILES string of the molecule is CC1(C)c2cc(N(c3ccccc3)c3ccc4sc5ccccc5c4c3)ccc2-c2ccc(-n3c4ccccc4c4ccccc43)cc21. The molecular weight excluding hydrogens is 601 g/mol.